The van der Waals surface area contributed by atoms with Crippen molar-refractivity contribution in [1.29, 1.82) is 0 Å². The van der Waals surface area contributed by atoms with Crippen LogP contribution >= 0.6 is 15.9 Å². The van der Waals surface area contributed by atoms with Crippen molar-refractivity contribution in [3.8, 4) is 0 Å². The monoisotopic (exact) mass is 281 g/mol. The number of halogens is 1. The van der Waals surface area contributed by atoms with Gasteiger partial charge in [0, 0.05) is 30.8 Å². The molecule has 2 heterocycles. The molecule has 2 fully saturated rings. The second-order valence-corrected chi connectivity index (χ2v) is 5.44. The quantitative estimate of drug-likeness (QED) is 0.781. The number of rotatable bonds is 2. The fourth-order valence-corrected chi connectivity index (χ4v) is 3.27. The van der Waals surface area contributed by atoms with Crippen LogP contribution in [-0.4, -0.2) is 23.1 Å². The highest BCUT2D eigenvalue weighted by Gasteiger charge is 2.36. The van der Waals surface area contributed by atoms with E-state index in [2.05, 4.69) is 30.8 Å². The van der Waals surface area contributed by atoms with E-state index >= 15 is 0 Å². The molecule has 0 N–H and O–H groups in total. The van der Waals surface area contributed by atoms with Gasteiger partial charge in [-0.05, 0) is 30.2 Å². The Hall–Kier alpha value is -0.640. The molecule has 0 aromatic carbocycles. The van der Waals surface area contributed by atoms with Crippen LogP contribution in [0.25, 0.3) is 0 Å². The lowest BCUT2D eigenvalue weighted by atomic mass is 10.0. The van der Waals surface area contributed by atoms with Gasteiger partial charge >= 0.3 is 0 Å². The van der Waals surface area contributed by atoms with E-state index < -0.39 is 0 Å². The Morgan fingerprint density at radius 2 is 1.81 bits per heavy atom. The fourth-order valence-electron chi connectivity index (χ4n) is 2.98. The van der Waals surface area contributed by atoms with Gasteiger partial charge in [0.25, 0.3) is 0 Å². The molecule has 2 atom stereocenters. The summed E-state index contributed by atoms with van der Waals surface area (Å²) in [4.78, 5) is 11.2. The summed E-state index contributed by atoms with van der Waals surface area (Å²) < 4.78 is 0. The minimum atomic E-state index is 0.832. The largest absolute Gasteiger partial charge is 0.340 e. The van der Waals surface area contributed by atoms with Gasteiger partial charge in [0.05, 0.1) is 0 Å². The van der Waals surface area contributed by atoms with Crippen molar-refractivity contribution in [3.63, 3.8) is 0 Å². The number of nitrogens with zero attached hydrogens (tertiary/aromatic N) is 3. The SMILES string of the molecule is BrCc1cnc(N2CC3CCCC3C2)nc1. The van der Waals surface area contributed by atoms with Crippen molar-refractivity contribution in [2.45, 2.75) is 24.6 Å². The molecular formula is C12H16BrN3. The summed E-state index contributed by atoms with van der Waals surface area (Å²) in [6, 6.07) is 0. The Morgan fingerprint density at radius 1 is 1.19 bits per heavy atom. The van der Waals surface area contributed by atoms with E-state index in [1.54, 1.807) is 0 Å². The van der Waals surface area contributed by atoms with Crippen molar-refractivity contribution >= 4 is 21.9 Å². The van der Waals surface area contributed by atoms with E-state index in [1.807, 2.05) is 12.4 Å². The smallest absolute Gasteiger partial charge is 0.225 e. The van der Waals surface area contributed by atoms with Crippen LogP contribution in [0.2, 0.25) is 0 Å². The average Bonchev–Trinajstić information content (AvgIpc) is 2.89. The number of hydrogen-bond donors (Lipinski definition) is 0. The van der Waals surface area contributed by atoms with Gasteiger partial charge in [-0.25, -0.2) is 9.97 Å². The van der Waals surface area contributed by atoms with Gasteiger partial charge in [-0.3, -0.25) is 0 Å². The molecule has 0 amide bonds. The topological polar surface area (TPSA) is 29.0 Å². The molecule has 3 rings (SSSR count). The van der Waals surface area contributed by atoms with Crippen molar-refractivity contribution < 1.29 is 0 Å². The van der Waals surface area contributed by atoms with E-state index in [9.17, 15) is 0 Å². The molecule has 1 aromatic rings. The zero-order chi connectivity index (χ0) is 11.0. The first-order valence-electron chi connectivity index (χ1n) is 5.98. The second-order valence-electron chi connectivity index (χ2n) is 4.88. The first-order chi connectivity index (χ1) is 7.86. The lowest BCUT2D eigenvalue weighted by Crippen LogP contribution is -2.23. The molecule has 1 aromatic heterocycles. The molecule has 16 heavy (non-hydrogen) atoms. The maximum Gasteiger partial charge on any atom is 0.225 e. The summed E-state index contributed by atoms with van der Waals surface area (Å²) in [5, 5.41) is 0.832. The molecule has 1 aliphatic heterocycles. The van der Waals surface area contributed by atoms with E-state index in [0.717, 1.165) is 28.7 Å². The summed E-state index contributed by atoms with van der Waals surface area (Å²) >= 11 is 3.41. The van der Waals surface area contributed by atoms with Gasteiger partial charge in [0.2, 0.25) is 5.95 Å². The third-order valence-corrected chi connectivity index (χ3v) is 4.50. The minimum absolute atomic E-state index is 0.832. The predicted octanol–water partition coefficient (Wildman–Crippen LogP) is 2.61. The maximum atomic E-state index is 4.44. The Kier molecular flexibility index (Phi) is 2.84. The van der Waals surface area contributed by atoms with Gasteiger partial charge in [-0.2, -0.15) is 0 Å². The standard InChI is InChI=1S/C12H16BrN3/c13-4-9-5-14-12(15-6-9)16-7-10-2-1-3-11(10)8-16/h5-6,10-11H,1-4,7-8H2. The average molecular weight is 282 g/mol. The lowest BCUT2D eigenvalue weighted by molar-refractivity contribution is 0.494. The predicted molar refractivity (Wildman–Crippen MR) is 67.7 cm³/mol. The van der Waals surface area contributed by atoms with Gasteiger partial charge in [-0.1, -0.05) is 22.4 Å². The lowest BCUT2D eigenvalue weighted by Gasteiger charge is -2.16. The molecule has 0 radical (unpaired) electrons. The Labute approximate surface area is 104 Å². The Balaban J connectivity index is 1.73. The third kappa shape index (κ3) is 1.83. The molecule has 0 bridgehead atoms. The molecule has 2 aliphatic rings. The Morgan fingerprint density at radius 3 is 2.38 bits per heavy atom. The van der Waals surface area contributed by atoms with Crippen LogP contribution in [-0.2, 0) is 5.33 Å². The number of hydrogen-bond acceptors (Lipinski definition) is 3. The molecular weight excluding hydrogens is 266 g/mol. The molecule has 1 saturated heterocycles. The summed E-state index contributed by atoms with van der Waals surface area (Å²) in [6.45, 7) is 2.33. The number of alkyl halides is 1. The van der Waals surface area contributed by atoms with Crippen LogP contribution in [0.15, 0.2) is 12.4 Å². The van der Waals surface area contributed by atoms with Gasteiger partial charge in [0.1, 0.15) is 0 Å². The van der Waals surface area contributed by atoms with Crippen LogP contribution < -0.4 is 4.90 Å². The zero-order valence-corrected chi connectivity index (χ0v) is 10.9. The molecule has 0 spiro atoms. The normalized spacial score (nSPS) is 28.4. The molecule has 4 heteroatoms. The maximum absolute atomic E-state index is 4.44. The van der Waals surface area contributed by atoms with Crippen molar-refractivity contribution in [2.24, 2.45) is 11.8 Å². The van der Waals surface area contributed by atoms with E-state index in [4.69, 9.17) is 0 Å². The molecule has 1 aliphatic carbocycles. The zero-order valence-electron chi connectivity index (χ0n) is 9.27. The summed E-state index contributed by atoms with van der Waals surface area (Å²) in [7, 11) is 0. The summed E-state index contributed by atoms with van der Waals surface area (Å²) in [6.07, 6.45) is 8.07. The van der Waals surface area contributed by atoms with Crippen LogP contribution in [0.5, 0.6) is 0 Å². The Bertz CT molecular complexity index is 353. The second kappa shape index (κ2) is 4.32. The highest BCUT2D eigenvalue weighted by atomic mass is 79.9. The molecule has 1 saturated carbocycles. The molecule has 3 nitrogen and oxygen atoms in total. The first kappa shape index (κ1) is 10.5. The van der Waals surface area contributed by atoms with Gasteiger partial charge in [0.15, 0.2) is 0 Å². The van der Waals surface area contributed by atoms with Gasteiger partial charge < -0.3 is 4.90 Å². The summed E-state index contributed by atoms with van der Waals surface area (Å²) in [5.41, 5.74) is 1.14. The van der Waals surface area contributed by atoms with Crippen LogP contribution in [0, 0.1) is 11.8 Å². The van der Waals surface area contributed by atoms with Crippen LogP contribution in [0.3, 0.4) is 0 Å². The highest BCUT2D eigenvalue weighted by Crippen LogP contribution is 2.38. The van der Waals surface area contributed by atoms with E-state index in [1.165, 1.54) is 32.4 Å². The van der Waals surface area contributed by atoms with Crippen molar-refractivity contribution in [1.82, 2.24) is 9.97 Å². The molecule has 86 valence electrons. The van der Waals surface area contributed by atoms with Gasteiger partial charge in [-0.15, -0.1) is 0 Å². The fraction of sp³-hybridized carbons (Fsp3) is 0.667. The molecule has 2 unspecified atom stereocenters. The first-order valence-corrected chi connectivity index (χ1v) is 7.11. The number of aromatic nitrogens is 2. The minimum Gasteiger partial charge on any atom is -0.340 e. The summed E-state index contributed by atoms with van der Waals surface area (Å²) in [5.74, 6) is 2.72. The van der Waals surface area contributed by atoms with Crippen molar-refractivity contribution in [2.75, 3.05) is 18.0 Å². The van der Waals surface area contributed by atoms with Crippen LogP contribution in [0.4, 0.5) is 5.95 Å². The number of anilines is 1. The number of fused-ring (bicyclic) bond motifs is 1. The third-order valence-electron chi connectivity index (χ3n) is 3.86. The van der Waals surface area contributed by atoms with E-state index in [-0.39, 0.29) is 0 Å². The van der Waals surface area contributed by atoms with Crippen molar-refractivity contribution in [3.05, 3.63) is 18.0 Å². The van der Waals surface area contributed by atoms with E-state index in [0.29, 0.717) is 0 Å². The van der Waals surface area contributed by atoms with Crippen LogP contribution in [0.1, 0.15) is 24.8 Å². The highest BCUT2D eigenvalue weighted by molar-refractivity contribution is 9.08.